The van der Waals surface area contributed by atoms with Crippen LogP contribution in [-0.2, 0) is 0 Å². The van der Waals surface area contributed by atoms with Crippen LogP contribution in [0.2, 0.25) is 0 Å². The van der Waals surface area contributed by atoms with Gasteiger partial charge < -0.3 is 0 Å². The molecule has 142 valence electrons. The third kappa shape index (κ3) is 2.84. The lowest BCUT2D eigenvalue weighted by Gasteiger charge is -2.04. The highest BCUT2D eigenvalue weighted by Gasteiger charge is 2.21. The number of ketones is 1. The fourth-order valence-corrected chi connectivity index (χ4v) is 4.60. The van der Waals surface area contributed by atoms with Crippen LogP contribution in [0.3, 0.4) is 0 Å². The maximum Gasteiger partial charge on any atom is 0.204 e. The zero-order valence-electron chi connectivity index (χ0n) is 15.3. The number of hydrogen-bond donors (Lipinski definition) is 0. The van der Waals surface area contributed by atoms with Gasteiger partial charge in [0.05, 0.1) is 15.9 Å². The first-order valence-electron chi connectivity index (χ1n) is 9.00. The number of thiazole rings is 1. The Morgan fingerprint density at radius 2 is 1.59 bits per heavy atom. The number of aromatic nitrogens is 2. The SMILES string of the molecule is Cc1c(C(=O)c2ccc(-c3ccccc3)cc2)sc2nc3cc(F)c(F)cc3n12. The highest BCUT2D eigenvalue weighted by Crippen LogP contribution is 2.31. The summed E-state index contributed by atoms with van der Waals surface area (Å²) >= 11 is 1.22. The topological polar surface area (TPSA) is 34.4 Å². The monoisotopic (exact) mass is 404 g/mol. The minimum atomic E-state index is -0.936. The second-order valence-corrected chi connectivity index (χ2v) is 7.75. The van der Waals surface area contributed by atoms with Crippen molar-refractivity contribution in [3.63, 3.8) is 0 Å². The van der Waals surface area contributed by atoms with Crippen molar-refractivity contribution in [1.29, 1.82) is 0 Å². The molecule has 0 unspecified atom stereocenters. The molecule has 0 aliphatic carbocycles. The average molecular weight is 404 g/mol. The van der Waals surface area contributed by atoms with Gasteiger partial charge in [0.15, 0.2) is 16.6 Å². The second kappa shape index (κ2) is 6.60. The van der Waals surface area contributed by atoms with Gasteiger partial charge in [-0.05, 0) is 18.1 Å². The summed E-state index contributed by atoms with van der Waals surface area (Å²) in [6.07, 6.45) is 0. The number of aryl methyl sites for hydroxylation is 1. The van der Waals surface area contributed by atoms with E-state index in [0.29, 0.717) is 32.1 Å². The van der Waals surface area contributed by atoms with Crippen LogP contribution in [0, 0.1) is 18.6 Å². The number of carbonyl (C=O) groups excluding carboxylic acids is 1. The number of fused-ring (bicyclic) bond motifs is 3. The molecule has 5 aromatic rings. The Labute approximate surface area is 168 Å². The molecule has 0 saturated heterocycles. The first kappa shape index (κ1) is 17.7. The molecule has 2 heterocycles. The first-order valence-corrected chi connectivity index (χ1v) is 9.81. The Bertz CT molecular complexity index is 1390. The molecule has 0 aliphatic heterocycles. The number of imidazole rings is 1. The highest BCUT2D eigenvalue weighted by molar-refractivity contribution is 7.19. The van der Waals surface area contributed by atoms with Gasteiger partial charge in [0.1, 0.15) is 0 Å². The van der Waals surface area contributed by atoms with E-state index in [1.165, 1.54) is 11.3 Å². The maximum atomic E-state index is 13.7. The largest absolute Gasteiger partial charge is 0.288 e. The minimum absolute atomic E-state index is 0.117. The minimum Gasteiger partial charge on any atom is -0.288 e. The molecule has 0 fully saturated rings. The summed E-state index contributed by atoms with van der Waals surface area (Å²) in [4.78, 5) is 18.5. The molecular weight excluding hydrogens is 390 g/mol. The standard InChI is InChI=1S/C23H14F2N2OS/c1-13-22(29-23-26-19-11-17(24)18(25)12-20(19)27(13)23)21(28)16-9-7-15(8-10-16)14-5-3-2-4-6-14/h2-12H,1H3. The van der Waals surface area contributed by atoms with Gasteiger partial charge in [-0.3, -0.25) is 9.20 Å². The van der Waals surface area contributed by atoms with E-state index < -0.39 is 11.6 Å². The van der Waals surface area contributed by atoms with Crippen LogP contribution < -0.4 is 0 Å². The maximum absolute atomic E-state index is 13.7. The van der Waals surface area contributed by atoms with Crippen LogP contribution in [-0.4, -0.2) is 15.2 Å². The fourth-order valence-electron chi connectivity index (χ4n) is 3.50. The number of carbonyl (C=O) groups is 1. The van der Waals surface area contributed by atoms with Crippen LogP contribution >= 0.6 is 11.3 Å². The molecule has 3 nitrogen and oxygen atoms in total. The third-order valence-electron chi connectivity index (χ3n) is 4.98. The molecule has 0 spiro atoms. The second-order valence-electron chi connectivity index (χ2n) is 6.77. The first-order chi connectivity index (χ1) is 14.0. The molecule has 0 aliphatic rings. The Morgan fingerprint density at radius 3 is 2.31 bits per heavy atom. The Kier molecular flexibility index (Phi) is 4.03. The summed E-state index contributed by atoms with van der Waals surface area (Å²) in [5, 5.41) is 0. The van der Waals surface area contributed by atoms with Crippen LogP contribution in [0.4, 0.5) is 8.78 Å². The third-order valence-corrected chi connectivity index (χ3v) is 6.12. The molecule has 0 atom stereocenters. The van der Waals surface area contributed by atoms with Gasteiger partial charge in [0, 0.05) is 23.4 Å². The number of halogens is 2. The molecule has 3 aromatic carbocycles. The van der Waals surface area contributed by atoms with Crippen molar-refractivity contribution in [3.8, 4) is 11.1 Å². The van der Waals surface area contributed by atoms with Gasteiger partial charge in [0.25, 0.3) is 0 Å². The van der Waals surface area contributed by atoms with Gasteiger partial charge in [-0.15, -0.1) is 0 Å². The molecule has 6 heteroatoms. The van der Waals surface area contributed by atoms with E-state index in [9.17, 15) is 13.6 Å². The van der Waals surface area contributed by atoms with E-state index >= 15 is 0 Å². The van der Waals surface area contributed by atoms with Crippen molar-refractivity contribution in [1.82, 2.24) is 9.38 Å². The van der Waals surface area contributed by atoms with Crippen LogP contribution in [0.25, 0.3) is 27.1 Å². The van der Waals surface area contributed by atoms with E-state index in [2.05, 4.69) is 4.98 Å². The van der Waals surface area contributed by atoms with Gasteiger partial charge in [-0.1, -0.05) is 65.9 Å². The number of hydrogen-bond acceptors (Lipinski definition) is 3. The summed E-state index contributed by atoms with van der Waals surface area (Å²) in [6.45, 7) is 1.79. The molecule has 0 radical (unpaired) electrons. The van der Waals surface area contributed by atoms with E-state index in [0.717, 1.165) is 23.3 Å². The molecule has 5 rings (SSSR count). The lowest BCUT2D eigenvalue weighted by Crippen LogP contribution is -2.02. The predicted octanol–water partition coefficient (Wildman–Crippen LogP) is 6.03. The number of benzene rings is 3. The Hall–Kier alpha value is -3.38. The van der Waals surface area contributed by atoms with Crippen molar-refractivity contribution in [2.75, 3.05) is 0 Å². The van der Waals surface area contributed by atoms with Crippen LogP contribution in [0.1, 0.15) is 20.9 Å². The summed E-state index contributed by atoms with van der Waals surface area (Å²) in [5.74, 6) is -1.99. The number of rotatable bonds is 3. The molecule has 0 amide bonds. The average Bonchev–Trinajstić information content (AvgIpc) is 3.25. The van der Waals surface area contributed by atoms with Crippen molar-refractivity contribution >= 4 is 33.1 Å². The van der Waals surface area contributed by atoms with Crippen molar-refractivity contribution in [3.05, 3.63) is 94.5 Å². The van der Waals surface area contributed by atoms with E-state index in [1.807, 2.05) is 42.5 Å². The Balaban J connectivity index is 1.56. The zero-order chi connectivity index (χ0) is 20.1. The van der Waals surface area contributed by atoms with Crippen LogP contribution in [0.15, 0.2) is 66.7 Å². The van der Waals surface area contributed by atoms with E-state index in [4.69, 9.17) is 0 Å². The predicted molar refractivity (Wildman–Crippen MR) is 111 cm³/mol. The van der Waals surface area contributed by atoms with E-state index in [-0.39, 0.29) is 5.78 Å². The van der Waals surface area contributed by atoms with Crippen molar-refractivity contribution < 1.29 is 13.6 Å². The molecule has 29 heavy (non-hydrogen) atoms. The normalized spacial score (nSPS) is 11.4. The quantitative estimate of drug-likeness (QED) is 0.344. The van der Waals surface area contributed by atoms with Crippen LogP contribution in [0.5, 0.6) is 0 Å². The summed E-state index contributed by atoms with van der Waals surface area (Å²) in [5.41, 5.74) is 4.16. The molecule has 0 saturated carbocycles. The lowest BCUT2D eigenvalue weighted by atomic mass is 10.0. The summed E-state index contributed by atoms with van der Waals surface area (Å²) < 4.78 is 28.9. The summed E-state index contributed by atoms with van der Waals surface area (Å²) in [6, 6.07) is 19.6. The molecule has 0 bridgehead atoms. The van der Waals surface area contributed by atoms with Gasteiger partial charge >= 0.3 is 0 Å². The Morgan fingerprint density at radius 1 is 0.931 bits per heavy atom. The highest BCUT2D eigenvalue weighted by atomic mass is 32.1. The molecule has 2 aromatic heterocycles. The molecule has 0 N–H and O–H groups in total. The number of nitrogens with zero attached hydrogens (tertiary/aromatic N) is 2. The summed E-state index contributed by atoms with van der Waals surface area (Å²) in [7, 11) is 0. The molecular formula is C23H14F2N2OS. The van der Waals surface area contributed by atoms with Gasteiger partial charge in [0.2, 0.25) is 5.78 Å². The van der Waals surface area contributed by atoms with E-state index in [1.54, 1.807) is 23.5 Å². The van der Waals surface area contributed by atoms with Gasteiger partial charge in [-0.25, -0.2) is 13.8 Å². The smallest absolute Gasteiger partial charge is 0.204 e. The van der Waals surface area contributed by atoms with Crippen molar-refractivity contribution in [2.45, 2.75) is 6.92 Å². The fraction of sp³-hybridized carbons (Fsp3) is 0.0435. The van der Waals surface area contributed by atoms with Gasteiger partial charge in [-0.2, -0.15) is 0 Å². The lowest BCUT2D eigenvalue weighted by molar-refractivity contribution is 0.104. The van der Waals surface area contributed by atoms with Crippen molar-refractivity contribution in [2.24, 2.45) is 0 Å². The zero-order valence-corrected chi connectivity index (χ0v) is 16.1.